The molecular formula is C19H34O6. The molecule has 0 amide bonds. The molecule has 0 N–H and O–H groups in total. The minimum Gasteiger partial charge on any atom is -0.462 e. The Morgan fingerprint density at radius 3 is 1.72 bits per heavy atom. The number of hydrogen-bond acceptors (Lipinski definition) is 6. The highest BCUT2D eigenvalue weighted by atomic mass is 16.6. The number of rotatable bonds is 15. The number of unbranched alkanes of at least 4 members (excludes halogenated alkanes) is 4. The standard InChI is InChI=1S/C19H34O6/c1-4-7-8-9-10-13-18(21)24-15-16(25-19(22)12-6-3)14-23-17(20)11-5-2/h16H,4-15H2,1-3H3. The summed E-state index contributed by atoms with van der Waals surface area (Å²) < 4.78 is 15.5. The monoisotopic (exact) mass is 358 g/mol. The van der Waals surface area contributed by atoms with Crippen molar-refractivity contribution in [3.63, 3.8) is 0 Å². The third-order valence-corrected chi connectivity index (χ3v) is 3.55. The smallest absolute Gasteiger partial charge is 0.306 e. The van der Waals surface area contributed by atoms with Gasteiger partial charge in [-0.15, -0.1) is 0 Å². The zero-order chi connectivity index (χ0) is 18.9. The van der Waals surface area contributed by atoms with E-state index in [0.29, 0.717) is 25.7 Å². The van der Waals surface area contributed by atoms with E-state index in [1.165, 1.54) is 6.42 Å². The molecule has 6 nitrogen and oxygen atoms in total. The molecule has 6 heteroatoms. The molecule has 25 heavy (non-hydrogen) atoms. The van der Waals surface area contributed by atoms with Gasteiger partial charge in [0, 0.05) is 19.3 Å². The number of carbonyl (C=O) groups excluding carboxylic acids is 3. The van der Waals surface area contributed by atoms with E-state index in [0.717, 1.165) is 25.7 Å². The van der Waals surface area contributed by atoms with Crippen LogP contribution in [0.3, 0.4) is 0 Å². The number of hydrogen-bond donors (Lipinski definition) is 0. The lowest BCUT2D eigenvalue weighted by atomic mass is 10.1. The lowest BCUT2D eigenvalue weighted by molar-refractivity contribution is -0.166. The third-order valence-electron chi connectivity index (χ3n) is 3.55. The van der Waals surface area contributed by atoms with Crippen LogP contribution in [-0.2, 0) is 28.6 Å². The van der Waals surface area contributed by atoms with Gasteiger partial charge in [0.05, 0.1) is 0 Å². The van der Waals surface area contributed by atoms with E-state index in [2.05, 4.69) is 6.92 Å². The summed E-state index contributed by atoms with van der Waals surface area (Å²) in [7, 11) is 0. The lowest BCUT2D eigenvalue weighted by Crippen LogP contribution is -2.30. The molecule has 0 heterocycles. The maximum Gasteiger partial charge on any atom is 0.306 e. The summed E-state index contributed by atoms with van der Waals surface area (Å²) in [4.78, 5) is 34.9. The average Bonchev–Trinajstić information content (AvgIpc) is 2.57. The fourth-order valence-electron chi connectivity index (χ4n) is 2.16. The second-order valence-corrected chi connectivity index (χ2v) is 6.14. The van der Waals surface area contributed by atoms with Crippen molar-refractivity contribution >= 4 is 17.9 Å². The fraction of sp³-hybridized carbons (Fsp3) is 0.842. The van der Waals surface area contributed by atoms with Crippen molar-refractivity contribution in [1.29, 1.82) is 0 Å². The van der Waals surface area contributed by atoms with Gasteiger partial charge in [-0.1, -0.05) is 46.5 Å². The predicted octanol–water partition coefficient (Wildman–Crippen LogP) is 3.95. The highest BCUT2D eigenvalue weighted by Gasteiger charge is 2.18. The molecule has 1 unspecified atom stereocenters. The molecule has 0 aromatic rings. The Morgan fingerprint density at radius 2 is 1.16 bits per heavy atom. The summed E-state index contributed by atoms with van der Waals surface area (Å²) in [5.41, 5.74) is 0. The minimum absolute atomic E-state index is 0.0807. The Balaban J connectivity index is 4.19. The Bertz CT molecular complexity index is 380. The first-order chi connectivity index (χ1) is 12.0. The van der Waals surface area contributed by atoms with E-state index in [1.807, 2.05) is 13.8 Å². The Kier molecular flexibility index (Phi) is 14.9. The van der Waals surface area contributed by atoms with Crippen molar-refractivity contribution < 1.29 is 28.6 Å². The van der Waals surface area contributed by atoms with Crippen molar-refractivity contribution in [2.24, 2.45) is 0 Å². The van der Waals surface area contributed by atoms with Crippen LogP contribution in [0, 0.1) is 0 Å². The molecule has 0 spiro atoms. The molecule has 0 aliphatic heterocycles. The van der Waals surface area contributed by atoms with Gasteiger partial charge in [0.25, 0.3) is 0 Å². The van der Waals surface area contributed by atoms with Gasteiger partial charge in [-0.05, 0) is 19.3 Å². The molecule has 0 rings (SSSR count). The van der Waals surface area contributed by atoms with Crippen LogP contribution in [-0.4, -0.2) is 37.2 Å². The van der Waals surface area contributed by atoms with Crippen LogP contribution in [0.5, 0.6) is 0 Å². The summed E-state index contributed by atoms with van der Waals surface area (Å²) in [5.74, 6) is -1.04. The second kappa shape index (κ2) is 15.9. The quantitative estimate of drug-likeness (QED) is 0.251. The topological polar surface area (TPSA) is 78.9 Å². The van der Waals surface area contributed by atoms with Crippen LogP contribution in [0.25, 0.3) is 0 Å². The maximum absolute atomic E-state index is 11.8. The molecule has 0 aromatic carbocycles. The van der Waals surface area contributed by atoms with Gasteiger partial charge in [0.15, 0.2) is 6.10 Å². The average molecular weight is 358 g/mol. The van der Waals surface area contributed by atoms with Crippen molar-refractivity contribution in [2.45, 2.75) is 91.1 Å². The van der Waals surface area contributed by atoms with Crippen molar-refractivity contribution in [3.05, 3.63) is 0 Å². The van der Waals surface area contributed by atoms with Crippen molar-refractivity contribution in [2.75, 3.05) is 13.2 Å². The summed E-state index contributed by atoms with van der Waals surface area (Å²) in [6.07, 6.45) is 6.81. The normalized spacial score (nSPS) is 11.6. The van der Waals surface area contributed by atoms with E-state index < -0.39 is 6.10 Å². The van der Waals surface area contributed by atoms with Gasteiger partial charge in [-0.3, -0.25) is 14.4 Å². The Hall–Kier alpha value is -1.59. The SMILES string of the molecule is CCCCCCCC(=O)OCC(COC(=O)CCC)OC(=O)CCC. The van der Waals surface area contributed by atoms with E-state index in [4.69, 9.17) is 14.2 Å². The molecule has 1 atom stereocenters. The van der Waals surface area contributed by atoms with Crippen LogP contribution < -0.4 is 0 Å². The van der Waals surface area contributed by atoms with Gasteiger partial charge >= 0.3 is 17.9 Å². The summed E-state index contributed by atoms with van der Waals surface area (Å²) in [5, 5.41) is 0. The Morgan fingerprint density at radius 1 is 0.640 bits per heavy atom. The Labute approximate surface area is 151 Å². The zero-order valence-corrected chi connectivity index (χ0v) is 16.0. The van der Waals surface area contributed by atoms with Gasteiger partial charge in [0.1, 0.15) is 13.2 Å². The highest BCUT2D eigenvalue weighted by Crippen LogP contribution is 2.07. The number of carbonyl (C=O) groups is 3. The zero-order valence-electron chi connectivity index (χ0n) is 16.0. The van der Waals surface area contributed by atoms with Gasteiger partial charge < -0.3 is 14.2 Å². The molecule has 0 saturated carbocycles. The van der Waals surface area contributed by atoms with Crippen LogP contribution in [0.1, 0.15) is 85.0 Å². The summed E-state index contributed by atoms with van der Waals surface area (Å²) in [6, 6.07) is 0. The first-order valence-electron chi connectivity index (χ1n) is 9.54. The number of ether oxygens (including phenoxy) is 3. The van der Waals surface area contributed by atoms with E-state index in [9.17, 15) is 14.4 Å². The molecule has 0 fully saturated rings. The molecule has 146 valence electrons. The van der Waals surface area contributed by atoms with Crippen LogP contribution in [0.4, 0.5) is 0 Å². The molecular weight excluding hydrogens is 324 g/mol. The second-order valence-electron chi connectivity index (χ2n) is 6.14. The van der Waals surface area contributed by atoms with Gasteiger partial charge in [-0.25, -0.2) is 0 Å². The largest absolute Gasteiger partial charge is 0.462 e. The van der Waals surface area contributed by atoms with Crippen LogP contribution >= 0.6 is 0 Å². The molecule has 0 aromatic heterocycles. The first-order valence-corrected chi connectivity index (χ1v) is 9.54. The van der Waals surface area contributed by atoms with E-state index in [1.54, 1.807) is 0 Å². The van der Waals surface area contributed by atoms with E-state index in [-0.39, 0.29) is 37.5 Å². The maximum atomic E-state index is 11.8. The molecule has 0 saturated heterocycles. The van der Waals surface area contributed by atoms with Crippen LogP contribution in [0.2, 0.25) is 0 Å². The predicted molar refractivity (Wildman–Crippen MR) is 95.0 cm³/mol. The van der Waals surface area contributed by atoms with Gasteiger partial charge in [0.2, 0.25) is 0 Å². The van der Waals surface area contributed by atoms with Crippen molar-refractivity contribution in [1.82, 2.24) is 0 Å². The third kappa shape index (κ3) is 14.5. The molecule has 0 aliphatic carbocycles. The first kappa shape index (κ1) is 23.4. The van der Waals surface area contributed by atoms with Gasteiger partial charge in [-0.2, -0.15) is 0 Å². The van der Waals surface area contributed by atoms with Crippen LogP contribution in [0.15, 0.2) is 0 Å². The van der Waals surface area contributed by atoms with Crippen molar-refractivity contribution in [3.8, 4) is 0 Å². The summed E-state index contributed by atoms with van der Waals surface area (Å²) in [6.45, 7) is 5.72. The molecule has 0 radical (unpaired) electrons. The summed E-state index contributed by atoms with van der Waals surface area (Å²) >= 11 is 0. The highest BCUT2D eigenvalue weighted by molar-refractivity contribution is 5.71. The lowest BCUT2D eigenvalue weighted by Gasteiger charge is -2.18. The minimum atomic E-state index is -0.746. The van der Waals surface area contributed by atoms with E-state index >= 15 is 0 Å². The molecule has 0 bridgehead atoms. The fourth-order valence-corrected chi connectivity index (χ4v) is 2.16. The molecule has 0 aliphatic rings. The number of esters is 3.